The van der Waals surface area contributed by atoms with Crippen molar-refractivity contribution in [1.82, 2.24) is 25.8 Å². The van der Waals surface area contributed by atoms with Crippen LogP contribution in [-0.4, -0.2) is 122 Å². The Kier molecular flexibility index (Phi) is 18.7. The molecule has 0 saturated carbocycles. The maximum Gasteiger partial charge on any atom is 0.326 e. The van der Waals surface area contributed by atoms with Crippen LogP contribution in [0.2, 0.25) is 5.02 Å². The number of amides is 4. The maximum absolute atomic E-state index is 14.1. The van der Waals surface area contributed by atoms with Gasteiger partial charge in [-0.2, -0.15) is 0 Å². The lowest BCUT2D eigenvalue weighted by Gasteiger charge is -2.41. The molecule has 1 aliphatic rings. The minimum Gasteiger partial charge on any atom is -0.480 e. The number of carboxylic acids is 1. The molecule has 1 aromatic rings. The van der Waals surface area contributed by atoms with Gasteiger partial charge in [-0.3, -0.25) is 19.2 Å². The summed E-state index contributed by atoms with van der Waals surface area (Å²) < 4.78 is 11.8. The van der Waals surface area contributed by atoms with Gasteiger partial charge in [-0.1, -0.05) is 78.6 Å². The van der Waals surface area contributed by atoms with Gasteiger partial charge in [-0.05, 0) is 55.3 Å². The SMILES string of the molecule is CC[C@H](C)[C@H]([C@@H](CC(=O)N1CCC[C@H]1[C@H](OC)[C@@H](C)C(=O)N[C@@H](Cc1cccc(Cl)c1)C(=O)O)OC)N(C)C(=O)[C@@H](NC(=O)[C@@H](NC)C(C)C)C(C)C. The summed E-state index contributed by atoms with van der Waals surface area (Å²) in [6.07, 6.45) is 0.654. The van der Waals surface area contributed by atoms with Gasteiger partial charge in [0.25, 0.3) is 0 Å². The van der Waals surface area contributed by atoms with Crippen LogP contribution in [0.5, 0.6) is 0 Å². The zero-order valence-electron chi connectivity index (χ0n) is 33.5. The molecule has 4 N–H and O–H groups in total. The van der Waals surface area contributed by atoms with Gasteiger partial charge < -0.3 is 40.3 Å². The van der Waals surface area contributed by atoms with Crippen molar-refractivity contribution < 1.29 is 38.6 Å². The number of nitrogens with zero attached hydrogens (tertiary/aromatic N) is 2. The quantitative estimate of drug-likeness (QED) is 0.146. The van der Waals surface area contributed by atoms with Crippen LogP contribution in [0.15, 0.2) is 24.3 Å². The Morgan fingerprint density at radius 3 is 2.13 bits per heavy atom. The minimum absolute atomic E-state index is 0.0169. The van der Waals surface area contributed by atoms with E-state index in [1.54, 1.807) is 55.1 Å². The number of aliphatic carboxylic acids is 1. The molecule has 9 atom stereocenters. The number of benzene rings is 1. The van der Waals surface area contributed by atoms with E-state index in [-0.39, 0.29) is 48.3 Å². The molecule has 1 heterocycles. The first-order chi connectivity index (χ1) is 24.9. The van der Waals surface area contributed by atoms with E-state index in [2.05, 4.69) is 16.0 Å². The number of halogens is 1. The molecule has 53 heavy (non-hydrogen) atoms. The minimum atomic E-state index is -1.19. The summed E-state index contributed by atoms with van der Waals surface area (Å²) in [7, 11) is 6.43. The predicted octanol–water partition coefficient (Wildman–Crippen LogP) is 3.76. The van der Waals surface area contributed by atoms with Crippen LogP contribution in [0.25, 0.3) is 0 Å². The number of carbonyl (C=O) groups excluding carboxylic acids is 4. The predicted molar refractivity (Wildman–Crippen MR) is 205 cm³/mol. The molecule has 1 aromatic carbocycles. The fourth-order valence-electron chi connectivity index (χ4n) is 7.45. The van der Waals surface area contributed by atoms with Crippen LogP contribution in [0.4, 0.5) is 0 Å². The third kappa shape index (κ3) is 12.4. The highest BCUT2D eigenvalue weighted by molar-refractivity contribution is 6.30. The molecular formula is C39H64ClN5O8. The van der Waals surface area contributed by atoms with E-state index in [0.717, 1.165) is 0 Å². The van der Waals surface area contributed by atoms with Crippen LogP contribution in [0, 0.1) is 23.7 Å². The number of hydrogen-bond donors (Lipinski definition) is 4. The van der Waals surface area contributed by atoms with Gasteiger partial charge in [0.05, 0.1) is 42.7 Å². The lowest BCUT2D eigenvalue weighted by molar-refractivity contribution is -0.148. The largest absolute Gasteiger partial charge is 0.480 e. The van der Waals surface area contributed by atoms with Gasteiger partial charge in [0.2, 0.25) is 23.6 Å². The van der Waals surface area contributed by atoms with Crippen molar-refractivity contribution in [3.63, 3.8) is 0 Å². The van der Waals surface area contributed by atoms with E-state index in [9.17, 15) is 29.1 Å². The molecule has 1 fully saturated rings. The number of carboxylic acid groups (broad SMARTS) is 1. The van der Waals surface area contributed by atoms with Crippen molar-refractivity contribution in [2.75, 3.05) is 34.9 Å². The van der Waals surface area contributed by atoms with E-state index in [0.29, 0.717) is 36.4 Å². The molecule has 2 rings (SSSR count). The van der Waals surface area contributed by atoms with Crippen molar-refractivity contribution in [2.45, 2.75) is 123 Å². The Balaban J connectivity index is 2.27. The first kappa shape index (κ1) is 45.9. The molecule has 1 saturated heterocycles. The molecule has 13 nitrogen and oxygen atoms in total. The monoisotopic (exact) mass is 765 g/mol. The summed E-state index contributed by atoms with van der Waals surface area (Å²) in [5.74, 6) is -3.41. The molecule has 0 aliphatic carbocycles. The summed E-state index contributed by atoms with van der Waals surface area (Å²) in [5.41, 5.74) is 0.669. The average Bonchev–Trinajstić information content (AvgIpc) is 3.59. The van der Waals surface area contributed by atoms with Crippen molar-refractivity contribution in [3.8, 4) is 0 Å². The molecular weight excluding hydrogens is 702 g/mol. The Bertz CT molecular complexity index is 1380. The summed E-state index contributed by atoms with van der Waals surface area (Å²) >= 11 is 6.08. The van der Waals surface area contributed by atoms with Gasteiger partial charge in [0.15, 0.2) is 0 Å². The number of nitrogens with one attached hydrogen (secondary N) is 3. The Morgan fingerprint density at radius 2 is 1.62 bits per heavy atom. The molecule has 0 unspecified atom stereocenters. The highest BCUT2D eigenvalue weighted by atomic mass is 35.5. The number of rotatable bonds is 21. The normalized spacial score (nSPS) is 19.1. The lowest BCUT2D eigenvalue weighted by atomic mass is 9.89. The standard InChI is InChI=1S/C39H64ClN5O8/c1-12-24(6)34(44(9)38(49)33(23(4)5)43-37(48)32(41-8)22(2)3)30(52-10)21-31(46)45-18-14-17-29(45)35(53-11)25(7)36(47)42-28(39(50)51)20-26-15-13-16-27(40)19-26/h13,15-16,19,22-25,28-30,32-35,41H,12,14,17-18,20-21H2,1-11H3,(H,42,47)(H,43,48)(H,50,51)/t24-,25+,28-,29-,30+,32-,33-,34+,35+/m0/s1. The van der Waals surface area contributed by atoms with Gasteiger partial charge in [-0.15, -0.1) is 0 Å². The molecule has 0 aromatic heterocycles. The number of methoxy groups -OCH3 is 2. The first-order valence-electron chi connectivity index (χ1n) is 18.8. The zero-order chi connectivity index (χ0) is 40.2. The van der Waals surface area contributed by atoms with E-state index in [4.69, 9.17) is 21.1 Å². The molecule has 0 radical (unpaired) electrons. The van der Waals surface area contributed by atoms with Gasteiger partial charge in [0.1, 0.15) is 12.1 Å². The second kappa shape index (κ2) is 21.6. The number of likely N-dealkylation sites (N-methyl/N-ethyl adjacent to an activating group) is 2. The molecule has 300 valence electrons. The fraction of sp³-hybridized carbons (Fsp3) is 0.718. The number of carbonyl (C=O) groups is 5. The summed E-state index contributed by atoms with van der Waals surface area (Å²) in [5, 5.41) is 19.0. The molecule has 4 amide bonds. The van der Waals surface area contributed by atoms with Gasteiger partial charge in [0, 0.05) is 39.3 Å². The second-order valence-corrected chi connectivity index (χ2v) is 15.5. The lowest BCUT2D eigenvalue weighted by Crippen LogP contribution is -2.59. The number of likely N-dealkylation sites (tertiary alicyclic amines) is 1. The van der Waals surface area contributed by atoms with Gasteiger partial charge in [-0.25, -0.2) is 4.79 Å². The van der Waals surface area contributed by atoms with Crippen LogP contribution in [0.3, 0.4) is 0 Å². The molecule has 0 spiro atoms. The summed E-state index contributed by atoms with van der Waals surface area (Å²) in [6, 6.07) is 3.45. The highest BCUT2D eigenvalue weighted by Crippen LogP contribution is 2.30. The summed E-state index contributed by atoms with van der Waals surface area (Å²) in [6.45, 7) is 13.8. The van der Waals surface area contributed by atoms with Gasteiger partial charge >= 0.3 is 5.97 Å². The van der Waals surface area contributed by atoms with E-state index < -0.39 is 60.2 Å². The average molecular weight is 766 g/mol. The third-order valence-electron chi connectivity index (χ3n) is 10.7. The fourth-order valence-corrected chi connectivity index (χ4v) is 7.67. The van der Waals surface area contributed by atoms with Crippen LogP contribution in [0.1, 0.15) is 79.7 Å². The smallest absolute Gasteiger partial charge is 0.326 e. The molecule has 1 aliphatic heterocycles. The van der Waals surface area contributed by atoms with Crippen LogP contribution >= 0.6 is 11.6 Å². The highest BCUT2D eigenvalue weighted by Gasteiger charge is 2.43. The topological polar surface area (TPSA) is 167 Å². The maximum atomic E-state index is 14.1. The summed E-state index contributed by atoms with van der Waals surface area (Å²) in [4.78, 5) is 70.4. The van der Waals surface area contributed by atoms with E-state index >= 15 is 0 Å². The Labute approximate surface area is 321 Å². The van der Waals surface area contributed by atoms with Crippen molar-refractivity contribution in [2.24, 2.45) is 23.7 Å². The van der Waals surface area contributed by atoms with Crippen molar-refractivity contribution in [1.29, 1.82) is 0 Å². The van der Waals surface area contributed by atoms with E-state index in [1.807, 2.05) is 41.5 Å². The van der Waals surface area contributed by atoms with Crippen LogP contribution in [-0.2, 0) is 39.9 Å². The molecule has 0 bridgehead atoms. The number of hydrogen-bond acceptors (Lipinski definition) is 8. The van der Waals surface area contributed by atoms with Crippen molar-refractivity contribution in [3.05, 3.63) is 34.9 Å². The Hall–Kier alpha value is -3.26. The second-order valence-electron chi connectivity index (χ2n) is 15.1. The Morgan fingerprint density at radius 1 is 0.981 bits per heavy atom. The number of ether oxygens (including phenoxy) is 2. The van der Waals surface area contributed by atoms with Crippen molar-refractivity contribution >= 4 is 41.2 Å². The molecule has 14 heteroatoms. The third-order valence-corrected chi connectivity index (χ3v) is 10.9. The zero-order valence-corrected chi connectivity index (χ0v) is 34.2. The van der Waals surface area contributed by atoms with Crippen LogP contribution < -0.4 is 16.0 Å². The first-order valence-corrected chi connectivity index (χ1v) is 19.2. The van der Waals surface area contributed by atoms with E-state index in [1.165, 1.54) is 14.2 Å².